The molecule has 6 heteroatoms. The number of aromatic nitrogens is 3. The van der Waals surface area contributed by atoms with Crippen molar-refractivity contribution in [2.24, 2.45) is 0 Å². The summed E-state index contributed by atoms with van der Waals surface area (Å²) in [5.41, 5.74) is 3.70. The number of benzene rings is 2. The Morgan fingerprint density at radius 3 is 2.92 bits per heavy atom. The fourth-order valence-corrected chi connectivity index (χ4v) is 2.50. The van der Waals surface area contributed by atoms with Gasteiger partial charge in [-0.25, -0.2) is 9.97 Å². The van der Waals surface area contributed by atoms with Gasteiger partial charge in [0.15, 0.2) is 0 Å². The lowest BCUT2D eigenvalue weighted by Crippen LogP contribution is -2.11. The maximum Gasteiger partial charge on any atom is 0.255 e. The molecule has 0 bridgehead atoms. The van der Waals surface area contributed by atoms with Crippen LogP contribution in [0.3, 0.4) is 0 Å². The van der Waals surface area contributed by atoms with Gasteiger partial charge in [-0.2, -0.15) is 0 Å². The Morgan fingerprint density at radius 2 is 2.08 bits per heavy atom. The van der Waals surface area contributed by atoms with Crippen molar-refractivity contribution in [3.05, 3.63) is 66.3 Å². The standard InChI is InChI=1S/C18H14N4O2/c1-11-9-19-18(24-11)13-3-2-4-14(7-13)22-17(23)12-5-6-15-16(8-12)21-10-20-15/h2-10H,1H3,(H,20,21)(H,22,23). The number of imidazole rings is 1. The van der Waals surface area contributed by atoms with E-state index in [-0.39, 0.29) is 5.91 Å². The highest BCUT2D eigenvalue weighted by Crippen LogP contribution is 2.23. The zero-order valence-corrected chi connectivity index (χ0v) is 12.9. The summed E-state index contributed by atoms with van der Waals surface area (Å²) in [6.07, 6.45) is 3.27. The largest absolute Gasteiger partial charge is 0.441 e. The van der Waals surface area contributed by atoms with E-state index in [4.69, 9.17) is 4.42 Å². The van der Waals surface area contributed by atoms with Crippen LogP contribution < -0.4 is 5.32 Å². The van der Waals surface area contributed by atoms with Crippen molar-refractivity contribution in [1.82, 2.24) is 15.0 Å². The maximum atomic E-state index is 12.4. The smallest absolute Gasteiger partial charge is 0.255 e. The molecule has 0 saturated carbocycles. The number of anilines is 1. The van der Waals surface area contributed by atoms with Gasteiger partial charge in [-0.15, -0.1) is 0 Å². The quantitative estimate of drug-likeness (QED) is 0.602. The minimum absolute atomic E-state index is 0.188. The molecule has 4 aromatic rings. The summed E-state index contributed by atoms with van der Waals surface area (Å²) >= 11 is 0. The monoisotopic (exact) mass is 318 g/mol. The fraction of sp³-hybridized carbons (Fsp3) is 0.0556. The summed E-state index contributed by atoms with van der Waals surface area (Å²) < 4.78 is 5.52. The zero-order valence-electron chi connectivity index (χ0n) is 12.9. The van der Waals surface area contributed by atoms with Crippen LogP contribution in [0.5, 0.6) is 0 Å². The molecular formula is C18H14N4O2. The van der Waals surface area contributed by atoms with Crippen molar-refractivity contribution in [2.75, 3.05) is 5.32 Å². The molecule has 6 nitrogen and oxygen atoms in total. The zero-order chi connectivity index (χ0) is 16.5. The van der Waals surface area contributed by atoms with Crippen molar-refractivity contribution in [3.8, 4) is 11.5 Å². The molecule has 0 spiro atoms. The van der Waals surface area contributed by atoms with E-state index in [1.807, 2.05) is 37.3 Å². The van der Waals surface area contributed by atoms with E-state index in [1.54, 1.807) is 24.7 Å². The highest BCUT2D eigenvalue weighted by atomic mass is 16.4. The summed E-state index contributed by atoms with van der Waals surface area (Å²) in [4.78, 5) is 23.8. The molecule has 0 aliphatic heterocycles. The molecule has 2 N–H and O–H groups in total. The highest BCUT2D eigenvalue weighted by molar-refractivity contribution is 6.06. The normalized spacial score (nSPS) is 10.9. The van der Waals surface area contributed by atoms with Gasteiger partial charge in [0.25, 0.3) is 5.91 Å². The van der Waals surface area contributed by atoms with Gasteiger partial charge in [-0.1, -0.05) is 6.07 Å². The lowest BCUT2D eigenvalue weighted by molar-refractivity contribution is 0.102. The molecule has 2 aromatic carbocycles. The van der Waals surface area contributed by atoms with E-state index in [1.165, 1.54) is 0 Å². The first-order valence-electron chi connectivity index (χ1n) is 7.46. The summed E-state index contributed by atoms with van der Waals surface area (Å²) in [7, 11) is 0. The van der Waals surface area contributed by atoms with Crippen LogP contribution in [0, 0.1) is 6.92 Å². The molecular weight excluding hydrogens is 304 g/mol. The Hall–Kier alpha value is -3.41. The molecule has 2 aromatic heterocycles. The van der Waals surface area contributed by atoms with E-state index < -0.39 is 0 Å². The number of amides is 1. The van der Waals surface area contributed by atoms with E-state index in [0.717, 1.165) is 22.4 Å². The first-order valence-corrected chi connectivity index (χ1v) is 7.46. The van der Waals surface area contributed by atoms with Gasteiger partial charge < -0.3 is 14.7 Å². The Morgan fingerprint density at radius 1 is 1.17 bits per heavy atom. The molecule has 0 aliphatic carbocycles. The second-order valence-corrected chi connectivity index (χ2v) is 5.45. The number of aryl methyl sites for hydroxylation is 1. The highest BCUT2D eigenvalue weighted by Gasteiger charge is 2.10. The number of fused-ring (bicyclic) bond motifs is 1. The average Bonchev–Trinajstić information content (AvgIpc) is 3.23. The molecule has 0 unspecified atom stereocenters. The third-order valence-corrected chi connectivity index (χ3v) is 3.67. The van der Waals surface area contributed by atoms with Crippen LogP contribution in [-0.2, 0) is 0 Å². The maximum absolute atomic E-state index is 12.4. The van der Waals surface area contributed by atoms with Gasteiger partial charge in [0.05, 0.1) is 23.6 Å². The first-order chi connectivity index (χ1) is 11.7. The summed E-state index contributed by atoms with van der Waals surface area (Å²) in [5.74, 6) is 1.09. The molecule has 0 atom stereocenters. The molecule has 118 valence electrons. The summed E-state index contributed by atoms with van der Waals surface area (Å²) in [6, 6.07) is 12.7. The Balaban J connectivity index is 1.59. The van der Waals surface area contributed by atoms with Crippen LogP contribution in [0.4, 0.5) is 5.69 Å². The SMILES string of the molecule is Cc1cnc(-c2cccc(NC(=O)c3ccc4nc[nH]c4c3)c2)o1. The number of H-pyrrole nitrogens is 1. The minimum atomic E-state index is -0.188. The fourth-order valence-electron chi connectivity index (χ4n) is 2.50. The van der Waals surface area contributed by atoms with Crippen molar-refractivity contribution in [2.45, 2.75) is 6.92 Å². The first kappa shape index (κ1) is 14.2. The third kappa shape index (κ3) is 2.65. The van der Waals surface area contributed by atoms with Crippen molar-refractivity contribution < 1.29 is 9.21 Å². The predicted octanol–water partition coefficient (Wildman–Crippen LogP) is 3.78. The van der Waals surface area contributed by atoms with Crippen LogP contribution in [-0.4, -0.2) is 20.9 Å². The van der Waals surface area contributed by atoms with Gasteiger partial charge in [0.1, 0.15) is 5.76 Å². The van der Waals surface area contributed by atoms with Crippen LogP contribution in [0.1, 0.15) is 16.1 Å². The van der Waals surface area contributed by atoms with E-state index in [2.05, 4.69) is 20.3 Å². The number of oxazole rings is 1. The van der Waals surface area contributed by atoms with E-state index >= 15 is 0 Å². The van der Waals surface area contributed by atoms with Gasteiger partial charge in [0, 0.05) is 16.8 Å². The second-order valence-electron chi connectivity index (χ2n) is 5.45. The lowest BCUT2D eigenvalue weighted by Gasteiger charge is -2.06. The Bertz CT molecular complexity index is 1030. The molecule has 0 saturated heterocycles. The van der Waals surface area contributed by atoms with E-state index in [0.29, 0.717) is 17.1 Å². The molecule has 0 fully saturated rings. The number of carbonyl (C=O) groups is 1. The molecule has 0 radical (unpaired) electrons. The van der Waals surface area contributed by atoms with Crippen molar-refractivity contribution in [1.29, 1.82) is 0 Å². The van der Waals surface area contributed by atoms with Crippen LogP contribution in [0.2, 0.25) is 0 Å². The summed E-state index contributed by atoms with van der Waals surface area (Å²) in [6.45, 7) is 1.84. The van der Waals surface area contributed by atoms with Crippen LogP contribution >= 0.6 is 0 Å². The van der Waals surface area contributed by atoms with E-state index in [9.17, 15) is 4.79 Å². The molecule has 4 rings (SSSR count). The number of hydrogen-bond acceptors (Lipinski definition) is 4. The predicted molar refractivity (Wildman–Crippen MR) is 90.7 cm³/mol. The number of carbonyl (C=O) groups excluding carboxylic acids is 1. The number of rotatable bonds is 3. The molecule has 1 amide bonds. The number of aromatic amines is 1. The average molecular weight is 318 g/mol. The van der Waals surface area contributed by atoms with Crippen LogP contribution in [0.15, 0.2) is 59.4 Å². The van der Waals surface area contributed by atoms with Gasteiger partial charge in [-0.3, -0.25) is 4.79 Å². The number of nitrogens with zero attached hydrogens (tertiary/aromatic N) is 2. The van der Waals surface area contributed by atoms with Crippen LogP contribution in [0.25, 0.3) is 22.5 Å². The molecule has 0 aliphatic rings. The van der Waals surface area contributed by atoms with Gasteiger partial charge in [-0.05, 0) is 43.3 Å². The lowest BCUT2D eigenvalue weighted by atomic mass is 10.1. The Labute approximate surface area is 137 Å². The number of hydrogen-bond donors (Lipinski definition) is 2. The third-order valence-electron chi connectivity index (χ3n) is 3.67. The molecule has 24 heavy (non-hydrogen) atoms. The minimum Gasteiger partial charge on any atom is -0.441 e. The van der Waals surface area contributed by atoms with Crippen molar-refractivity contribution >= 4 is 22.6 Å². The number of nitrogens with one attached hydrogen (secondary N) is 2. The molecule has 2 heterocycles. The summed E-state index contributed by atoms with van der Waals surface area (Å²) in [5, 5.41) is 2.89. The Kier molecular flexibility index (Phi) is 3.35. The van der Waals surface area contributed by atoms with Gasteiger partial charge in [0.2, 0.25) is 5.89 Å². The van der Waals surface area contributed by atoms with Gasteiger partial charge >= 0.3 is 0 Å². The van der Waals surface area contributed by atoms with Crippen molar-refractivity contribution in [3.63, 3.8) is 0 Å². The topological polar surface area (TPSA) is 83.8 Å². The second kappa shape index (κ2) is 5.66.